The lowest BCUT2D eigenvalue weighted by molar-refractivity contribution is -0.305. The molecule has 0 rings (SSSR count). The average molecular weight is 266 g/mol. The van der Waals surface area contributed by atoms with Gasteiger partial charge in [0.05, 0.1) is 0 Å². The van der Waals surface area contributed by atoms with Gasteiger partial charge in [0.2, 0.25) is 0 Å². The van der Waals surface area contributed by atoms with Crippen molar-refractivity contribution < 1.29 is 19.4 Å². The van der Waals surface area contributed by atoms with Crippen LogP contribution >= 0.6 is 15.9 Å². The maximum absolute atomic E-state index is 11.3. The molecule has 82 valence electrons. The smallest absolute Gasteiger partial charge is 0.320 e. The zero-order valence-electron chi connectivity index (χ0n) is 8.50. The summed E-state index contributed by atoms with van der Waals surface area (Å²) >= 11 is 3.06. The van der Waals surface area contributed by atoms with E-state index in [1.165, 1.54) is 0 Å². The van der Waals surface area contributed by atoms with Gasteiger partial charge in [-0.15, -0.1) is 0 Å². The van der Waals surface area contributed by atoms with Gasteiger partial charge in [0.15, 0.2) is 0 Å². The van der Waals surface area contributed by atoms with Crippen molar-refractivity contribution in [3.05, 3.63) is 0 Å². The Bertz CT molecular complexity index is 219. The molecule has 0 aromatic carbocycles. The Balaban J connectivity index is 3.94. The number of carboxylic acid groups (broad SMARTS) is 1. The number of hydrogen-bond acceptors (Lipinski definition) is 4. The van der Waals surface area contributed by atoms with Crippen molar-refractivity contribution in [2.45, 2.75) is 44.0 Å². The fraction of sp³-hybridized carbons (Fsp3) is 0.778. The Morgan fingerprint density at radius 1 is 1.43 bits per heavy atom. The quantitative estimate of drug-likeness (QED) is 0.552. The number of ether oxygens (including phenoxy) is 1. The van der Waals surface area contributed by atoms with E-state index in [0.29, 0.717) is 0 Å². The molecule has 5 heteroatoms. The van der Waals surface area contributed by atoms with E-state index in [1.807, 2.05) is 0 Å². The van der Waals surface area contributed by atoms with Gasteiger partial charge < -0.3 is 14.6 Å². The first kappa shape index (κ1) is 13.4. The van der Waals surface area contributed by atoms with Gasteiger partial charge in [-0.2, -0.15) is 0 Å². The lowest BCUT2D eigenvalue weighted by atomic mass is 10.2. The number of carbonyl (C=O) groups is 2. The first-order valence-corrected chi connectivity index (χ1v) is 5.20. The van der Waals surface area contributed by atoms with E-state index in [1.54, 1.807) is 20.8 Å². The molecule has 0 aromatic heterocycles. The highest BCUT2D eigenvalue weighted by atomic mass is 79.9. The summed E-state index contributed by atoms with van der Waals surface area (Å²) in [6.07, 6.45) is 0.0202. The SMILES string of the molecule is CC(C)(C)OC(=O)C(Br)CCC(=O)[O-]. The topological polar surface area (TPSA) is 66.4 Å². The molecule has 0 spiro atoms. The van der Waals surface area contributed by atoms with E-state index < -0.39 is 22.4 Å². The van der Waals surface area contributed by atoms with Crippen LogP contribution in [0.3, 0.4) is 0 Å². The highest BCUT2D eigenvalue weighted by molar-refractivity contribution is 9.10. The molecule has 0 aliphatic heterocycles. The number of halogens is 1. The molecule has 0 N–H and O–H groups in total. The van der Waals surface area contributed by atoms with E-state index in [0.717, 1.165) is 0 Å². The Morgan fingerprint density at radius 3 is 2.29 bits per heavy atom. The van der Waals surface area contributed by atoms with Crippen LogP contribution in [-0.2, 0) is 14.3 Å². The molecule has 0 aliphatic carbocycles. The molecule has 0 fully saturated rings. The third kappa shape index (κ3) is 6.88. The van der Waals surface area contributed by atoms with E-state index in [9.17, 15) is 14.7 Å². The van der Waals surface area contributed by atoms with Crippen molar-refractivity contribution >= 4 is 27.9 Å². The van der Waals surface area contributed by atoms with Crippen molar-refractivity contribution in [3.63, 3.8) is 0 Å². The number of carboxylic acids is 1. The van der Waals surface area contributed by atoms with E-state index >= 15 is 0 Å². The molecule has 1 atom stereocenters. The molecular formula is C9H14BrO4-. The van der Waals surface area contributed by atoms with E-state index in [2.05, 4.69) is 15.9 Å². The number of rotatable bonds is 4. The van der Waals surface area contributed by atoms with Gasteiger partial charge in [0.1, 0.15) is 10.4 Å². The predicted molar refractivity (Wildman–Crippen MR) is 52.8 cm³/mol. The van der Waals surface area contributed by atoms with E-state index in [4.69, 9.17) is 4.74 Å². The first-order valence-electron chi connectivity index (χ1n) is 4.29. The Morgan fingerprint density at radius 2 is 1.93 bits per heavy atom. The molecule has 0 aliphatic rings. The second-order valence-electron chi connectivity index (χ2n) is 3.91. The minimum absolute atomic E-state index is 0.158. The molecule has 0 saturated carbocycles. The van der Waals surface area contributed by atoms with Crippen LogP contribution in [0.1, 0.15) is 33.6 Å². The number of hydrogen-bond donors (Lipinski definition) is 0. The lowest BCUT2D eigenvalue weighted by Crippen LogP contribution is -2.30. The summed E-state index contributed by atoms with van der Waals surface area (Å²) in [7, 11) is 0. The summed E-state index contributed by atoms with van der Waals surface area (Å²) in [6, 6.07) is 0. The summed E-state index contributed by atoms with van der Waals surface area (Å²) in [4.78, 5) is 20.8. The van der Waals surface area contributed by atoms with Crippen LogP contribution in [0.4, 0.5) is 0 Å². The van der Waals surface area contributed by atoms with Crippen LogP contribution in [0.2, 0.25) is 0 Å². The average Bonchev–Trinajstić information content (AvgIpc) is 1.96. The molecule has 0 bridgehead atoms. The van der Waals surface area contributed by atoms with Crippen molar-refractivity contribution in [1.29, 1.82) is 0 Å². The van der Waals surface area contributed by atoms with Crippen molar-refractivity contribution in [1.82, 2.24) is 0 Å². The molecule has 0 aromatic rings. The van der Waals surface area contributed by atoms with Gasteiger partial charge >= 0.3 is 5.97 Å². The number of carbonyl (C=O) groups excluding carboxylic acids is 2. The van der Waals surface area contributed by atoms with Crippen molar-refractivity contribution in [2.24, 2.45) is 0 Å². The first-order chi connectivity index (χ1) is 6.22. The van der Waals surface area contributed by atoms with Gasteiger partial charge in [-0.05, 0) is 33.6 Å². The summed E-state index contributed by atoms with van der Waals surface area (Å²) in [5, 5.41) is 10.1. The number of aliphatic carboxylic acids is 1. The Kier molecular flexibility index (Phi) is 5.12. The third-order valence-corrected chi connectivity index (χ3v) is 2.10. The monoisotopic (exact) mass is 265 g/mol. The van der Waals surface area contributed by atoms with Gasteiger partial charge in [0.25, 0.3) is 0 Å². The molecule has 0 radical (unpaired) electrons. The summed E-state index contributed by atoms with van der Waals surface area (Å²) in [5.74, 6) is -1.61. The highest BCUT2D eigenvalue weighted by Gasteiger charge is 2.22. The molecule has 1 unspecified atom stereocenters. The Hall–Kier alpha value is -0.580. The molecule has 0 saturated heterocycles. The van der Waals surface area contributed by atoms with Crippen LogP contribution in [0.25, 0.3) is 0 Å². The summed E-state index contributed by atoms with van der Waals surface area (Å²) < 4.78 is 5.03. The van der Waals surface area contributed by atoms with Crippen LogP contribution in [0.5, 0.6) is 0 Å². The second-order valence-corrected chi connectivity index (χ2v) is 5.02. The molecule has 0 amide bonds. The zero-order valence-corrected chi connectivity index (χ0v) is 10.1. The number of alkyl halides is 1. The predicted octanol–water partition coefficient (Wildman–Crippen LogP) is 0.622. The van der Waals surface area contributed by atoms with Crippen LogP contribution < -0.4 is 5.11 Å². The van der Waals surface area contributed by atoms with Crippen LogP contribution in [0, 0.1) is 0 Å². The fourth-order valence-electron chi connectivity index (χ4n) is 0.728. The van der Waals surface area contributed by atoms with Crippen molar-refractivity contribution in [2.75, 3.05) is 0 Å². The fourth-order valence-corrected chi connectivity index (χ4v) is 1.05. The van der Waals surface area contributed by atoms with Gasteiger partial charge in [-0.1, -0.05) is 15.9 Å². The molecular weight excluding hydrogens is 252 g/mol. The van der Waals surface area contributed by atoms with E-state index in [-0.39, 0.29) is 12.8 Å². The van der Waals surface area contributed by atoms with Crippen LogP contribution in [-0.4, -0.2) is 22.4 Å². The second kappa shape index (κ2) is 5.34. The van der Waals surface area contributed by atoms with Crippen molar-refractivity contribution in [3.8, 4) is 0 Å². The summed E-state index contributed by atoms with van der Waals surface area (Å²) in [6.45, 7) is 5.26. The molecule has 4 nitrogen and oxygen atoms in total. The zero-order chi connectivity index (χ0) is 11.4. The highest BCUT2D eigenvalue weighted by Crippen LogP contribution is 2.15. The molecule has 0 heterocycles. The van der Waals surface area contributed by atoms with Gasteiger partial charge in [-0.25, -0.2) is 0 Å². The maximum Gasteiger partial charge on any atom is 0.320 e. The van der Waals surface area contributed by atoms with Crippen LogP contribution in [0.15, 0.2) is 0 Å². The van der Waals surface area contributed by atoms with Gasteiger partial charge in [0, 0.05) is 5.97 Å². The molecule has 14 heavy (non-hydrogen) atoms. The minimum Gasteiger partial charge on any atom is -0.550 e. The largest absolute Gasteiger partial charge is 0.550 e. The maximum atomic E-state index is 11.3. The standard InChI is InChI=1S/C9H15BrO4/c1-9(2,3)14-8(13)6(10)4-5-7(11)12/h6H,4-5H2,1-3H3,(H,11,12)/p-1. The number of esters is 1. The third-order valence-electron chi connectivity index (χ3n) is 1.26. The summed E-state index contributed by atoms with van der Waals surface area (Å²) in [5.41, 5.74) is -0.551. The normalized spacial score (nSPS) is 13.4. The lowest BCUT2D eigenvalue weighted by Gasteiger charge is -2.21. The minimum atomic E-state index is -1.17. The van der Waals surface area contributed by atoms with Gasteiger partial charge in [-0.3, -0.25) is 4.79 Å². The Labute approximate surface area is 91.8 Å².